The molecular formula is C16H21NO3. The summed E-state index contributed by atoms with van der Waals surface area (Å²) < 4.78 is 5.22. The van der Waals surface area contributed by atoms with Crippen molar-refractivity contribution < 1.29 is 14.6 Å². The normalized spacial score (nSPS) is 10.0. The van der Waals surface area contributed by atoms with Crippen LogP contribution in [0.1, 0.15) is 31.4 Å². The lowest BCUT2D eigenvalue weighted by Gasteiger charge is -2.08. The van der Waals surface area contributed by atoms with Crippen molar-refractivity contribution in [1.82, 2.24) is 5.32 Å². The molecule has 0 heterocycles. The van der Waals surface area contributed by atoms with Crippen LogP contribution in [0.5, 0.6) is 0 Å². The molecule has 108 valence electrons. The number of benzene rings is 1. The minimum Gasteiger partial charge on any atom is -0.395 e. The van der Waals surface area contributed by atoms with Gasteiger partial charge in [-0.3, -0.25) is 4.79 Å². The van der Waals surface area contributed by atoms with Crippen molar-refractivity contribution in [2.45, 2.75) is 32.9 Å². The lowest BCUT2D eigenvalue weighted by atomic mass is 10.1. The van der Waals surface area contributed by atoms with E-state index in [2.05, 4.69) is 17.2 Å². The third-order valence-corrected chi connectivity index (χ3v) is 2.43. The summed E-state index contributed by atoms with van der Waals surface area (Å²) >= 11 is 0. The maximum Gasteiger partial charge on any atom is 0.246 e. The molecule has 1 amide bonds. The molecule has 1 aromatic carbocycles. The summed E-state index contributed by atoms with van der Waals surface area (Å²) in [6.07, 6.45) is 0.513. The molecule has 0 atom stereocenters. The van der Waals surface area contributed by atoms with Gasteiger partial charge in [-0.2, -0.15) is 0 Å². The number of hydrogen-bond acceptors (Lipinski definition) is 3. The summed E-state index contributed by atoms with van der Waals surface area (Å²) in [4.78, 5) is 11.5. The van der Waals surface area contributed by atoms with E-state index < -0.39 is 0 Å². The van der Waals surface area contributed by atoms with Gasteiger partial charge in [-0.25, -0.2) is 0 Å². The fraction of sp³-hybridized carbons (Fsp3) is 0.438. The van der Waals surface area contributed by atoms with Crippen molar-refractivity contribution in [3.63, 3.8) is 0 Å². The molecule has 0 radical (unpaired) electrons. The van der Waals surface area contributed by atoms with Crippen LogP contribution in [-0.2, 0) is 16.1 Å². The summed E-state index contributed by atoms with van der Waals surface area (Å²) in [6, 6.07) is 7.65. The number of carbonyl (C=O) groups is 1. The summed E-state index contributed by atoms with van der Waals surface area (Å²) in [6.45, 7) is 4.38. The highest BCUT2D eigenvalue weighted by molar-refractivity contribution is 5.77. The van der Waals surface area contributed by atoms with E-state index in [9.17, 15) is 4.79 Å². The molecule has 0 bridgehead atoms. The Morgan fingerprint density at radius 1 is 1.45 bits per heavy atom. The number of nitrogens with one attached hydrogen (secondary N) is 1. The number of rotatable bonds is 6. The standard InChI is InChI=1S/C16H21NO3/c1-13(2)20-12-16(19)17-11-15-8-5-7-14(10-15)6-3-4-9-18/h5,7-8,10,13,18H,4,9,11-12H2,1-2H3,(H,17,19). The molecule has 0 aliphatic rings. The van der Waals surface area contributed by atoms with Gasteiger partial charge in [-0.1, -0.05) is 24.0 Å². The first-order valence-corrected chi connectivity index (χ1v) is 6.69. The van der Waals surface area contributed by atoms with Crippen LogP contribution in [0.3, 0.4) is 0 Å². The fourth-order valence-corrected chi connectivity index (χ4v) is 1.47. The highest BCUT2D eigenvalue weighted by Crippen LogP contribution is 2.04. The second kappa shape index (κ2) is 9.13. The molecule has 0 aliphatic carbocycles. The summed E-state index contributed by atoms with van der Waals surface area (Å²) in [5.41, 5.74) is 1.86. The van der Waals surface area contributed by atoms with Crippen molar-refractivity contribution in [1.29, 1.82) is 0 Å². The summed E-state index contributed by atoms with van der Waals surface area (Å²) in [5, 5.41) is 11.5. The number of ether oxygens (including phenoxy) is 1. The van der Waals surface area contributed by atoms with Crippen LogP contribution in [0.15, 0.2) is 24.3 Å². The van der Waals surface area contributed by atoms with E-state index in [1.165, 1.54) is 0 Å². The molecule has 1 rings (SSSR count). The number of amides is 1. The number of hydrogen-bond donors (Lipinski definition) is 2. The molecule has 0 fully saturated rings. The molecule has 0 aromatic heterocycles. The predicted octanol–water partition coefficient (Wildman–Crippen LogP) is 1.46. The zero-order valence-corrected chi connectivity index (χ0v) is 12.0. The first-order valence-electron chi connectivity index (χ1n) is 6.69. The van der Waals surface area contributed by atoms with Gasteiger partial charge in [0.1, 0.15) is 6.61 Å². The van der Waals surface area contributed by atoms with Crippen LogP contribution in [0, 0.1) is 11.8 Å². The highest BCUT2D eigenvalue weighted by atomic mass is 16.5. The minimum atomic E-state index is -0.129. The first-order chi connectivity index (χ1) is 9.61. The van der Waals surface area contributed by atoms with Crippen molar-refractivity contribution in [2.75, 3.05) is 13.2 Å². The lowest BCUT2D eigenvalue weighted by molar-refractivity contribution is -0.127. The van der Waals surface area contributed by atoms with Gasteiger partial charge in [0.25, 0.3) is 0 Å². The van der Waals surface area contributed by atoms with E-state index in [0.717, 1.165) is 11.1 Å². The Bertz CT molecular complexity index is 486. The van der Waals surface area contributed by atoms with Crippen molar-refractivity contribution in [3.05, 3.63) is 35.4 Å². The largest absolute Gasteiger partial charge is 0.395 e. The first kappa shape index (κ1) is 16.2. The smallest absolute Gasteiger partial charge is 0.246 e. The number of aliphatic hydroxyl groups is 1. The Hall–Kier alpha value is -1.83. The molecule has 0 aliphatic heterocycles. The van der Waals surface area contributed by atoms with Gasteiger partial charge in [0.15, 0.2) is 0 Å². The average Bonchev–Trinajstić information content (AvgIpc) is 2.43. The monoisotopic (exact) mass is 275 g/mol. The van der Waals surface area contributed by atoms with Crippen LogP contribution in [0.25, 0.3) is 0 Å². The molecule has 2 N–H and O–H groups in total. The van der Waals surface area contributed by atoms with Gasteiger partial charge in [0, 0.05) is 18.5 Å². The Morgan fingerprint density at radius 3 is 2.95 bits per heavy atom. The Balaban J connectivity index is 2.46. The van der Waals surface area contributed by atoms with Crippen LogP contribution < -0.4 is 5.32 Å². The Kier molecular flexibility index (Phi) is 7.41. The van der Waals surface area contributed by atoms with Gasteiger partial charge in [0.05, 0.1) is 12.7 Å². The van der Waals surface area contributed by atoms with Crippen LogP contribution in [-0.4, -0.2) is 30.3 Å². The van der Waals surface area contributed by atoms with Crippen molar-refractivity contribution in [3.8, 4) is 11.8 Å². The van der Waals surface area contributed by atoms with E-state index in [1.54, 1.807) is 0 Å². The maximum absolute atomic E-state index is 11.5. The number of carbonyl (C=O) groups excluding carboxylic acids is 1. The van der Waals surface area contributed by atoms with E-state index >= 15 is 0 Å². The zero-order valence-electron chi connectivity index (χ0n) is 12.0. The highest BCUT2D eigenvalue weighted by Gasteiger charge is 2.03. The SMILES string of the molecule is CC(C)OCC(=O)NCc1cccc(C#CCCO)c1. The van der Waals surface area contributed by atoms with E-state index in [1.807, 2.05) is 38.1 Å². The molecule has 4 nitrogen and oxygen atoms in total. The molecule has 0 spiro atoms. The number of aliphatic hydroxyl groups excluding tert-OH is 1. The third-order valence-electron chi connectivity index (χ3n) is 2.43. The molecule has 0 saturated carbocycles. The van der Waals surface area contributed by atoms with Crippen LogP contribution in [0.4, 0.5) is 0 Å². The van der Waals surface area contributed by atoms with E-state index in [0.29, 0.717) is 13.0 Å². The zero-order chi connectivity index (χ0) is 14.8. The van der Waals surface area contributed by atoms with Gasteiger partial charge in [-0.05, 0) is 31.5 Å². The minimum absolute atomic E-state index is 0.0471. The van der Waals surface area contributed by atoms with Gasteiger partial charge >= 0.3 is 0 Å². The Labute approximate surface area is 120 Å². The summed E-state index contributed by atoms with van der Waals surface area (Å²) in [7, 11) is 0. The second-order valence-corrected chi connectivity index (χ2v) is 4.61. The van der Waals surface area contributed by atoms with Crippen molar-refractivity contribution in [2.24, 2.45) is 0 Å². The topological polar surface area (TPSA) is 58.6 Å². The fourth-order valence-electron chi connectivity index (χ4n) is 1.47. The molecule has 0 unspecified atom stereocenters. The molecule has 0 saturated heterocycles. The second-order valence-electron chi connectivity index (χ2n) is 4.61. The molecule has 4 heteroatoms. The quantitative estimate of drug-likeness (QED) is 0.773. The van der Waals surface area contributed by atoms with Crippen LogP contribution in [0.2, 0.25) is 0 Å². The Morgan fingerprint density at radius 2 is 2.25 bits per heavy atom. The molecule has 20 heavy (non-hydrogen) atoms. The average molecular weight is 275 g/mol. The van der Waals surface area contributed by atoms with Gasteiger partial charge in [0.2, 0.25) is 5.91 Å². The predicted molar refractivity (Wildman–Crippen MR) is 78.0 cm³/mol. The molecular weight excluding hydrogens is 254 g/mol. The maximum atomic E-state index is 11.5. The van der Waals surface area contributed by atoms with Gasteiger partial charge in [-0.15, -0.1) is 0 Å². The third kappa shape index (κ3) is 6.93. The van der Waals surface area contributed by atoms with Crippen molar-refractivity contribution >= 4 is 5.91 Å². The lowest BCUT2D eigenvalue weighted by Crippen LogP contribution is -2.28. The van der Waals surface area contributed by atoms with E-state index in [4.69, 9.17) is 9.84 Å². The van der Waals surface area contributed by atoms with Gasteiger partial charge < -0.3 is 15.2 Å². The van der Waals surface area contributed by atoms with Crippen LogP contribution >= 0.6 is 0 Å². The summed E-state index contributed by atoms with van der Waals surface area (Å²) in [5.74, 6) is 5.71. The van der Waals surface area contributed by atoms with E-state index in [-0.39, 0.29) is 25.2 Å². The molecule has 1 aromatic rings.